The molecule has 4 aromatic rings. The smallest absolute Gasteiger partial charge is 0.490 e. The van der Waals surface area contributed by atoms with E-state index in [9.17, 15) is 32.7 Å². The van der Waals surface area contributed by atoms with Crippen LogP contribution < -0.4 is 16.3 Å². The SMILES string of the molecule is O=C(Nc1cn2ccn(Cc3cccc(Cl)c3)c(=O)c2c(O)c1=O)c1ccccn1.O=C(O)C(F)(F)F. The molecule has 10 nitrogen and oxygen atoms in total. The highest BCUT2D eigenvalue weighted by molar-refractivity contribution is 6.30. The normalized spacial score (nSPS) is 10.9. The van der Waals surface area contributed by atoms with Gasteiger partial charge in [-0.2, -0.15) is 13.2 Å². The molecule has 192 valence electrons. The molecule has 0 saturated heterocycles. The van der Waals surface area contributed by atoms with Crippen molar-refractivity contribution in [3.63, 3.8) is 0 Å². The highest BCUT2D eigenvalue weighted by atomic mass is 35.5. The Labute approximate surface area is 209 Å². The molecule has 0 unspecified atom stereocenters. The minimum atomic E-state index is -5.08. The quantitative estimate of drug-likeness (QED) is 0.363. The number of anilines is 1. The van der Waals surface area contributed by atoms with Crippen LogP contribution in [0.5, 0.6) is 5.75 Å². The van der Waals surface area contributed by atoms with Crippen LogP contribution in [0.15, 0.2) is 76.8 Å². The summed E-state index contributed by atoms with van der Waals surface area (Å²) in [6.45, 7) is 0.210. The molecule has 1 amide bonds. The number of aliphatic carboxylic acids is 1. The van der Waals surface area contributed by atoms with E-state index in [-0.39, 0.29) is 23.4 Å². The summed E-state index contributed by atoms with van der Waals surface area (Å²) in [7, 11) is 0. The number of hydrogen-bond donors (Lipinski definition) is 3. The number of carbonyl (C=O) groups is 2. The molecule has 0 aliphatic carbocycles. The van der Waals surface area contributed by atoms with Crippen molar-refractivity contribution in [1.29, 1.82) is 0 Å². The summed E-state index contributed by atoms with van der Waals surface area (Å²) in [5, 5.41) is 20.5. The average molecular weight is 537 g/mol. The third-order valence-electron chi connectivity index (χ3n) is 4.71. The van der Waals surface area contributed by atoms with Crippen LogP contribution in [0.2, 0.25) is 5.02 Å². The number of benzene rings is 1. The number of alkyl halides is 3. The molecule has 0 fully saturated rings. The minimum Gasteiger partial charge on any atom is -0.502 e. The predicted molar refractivity (Wildman–Crippen MR) is 126 cm³/mol. The number of pyridine rings is 2. The largest absolute Gasteiger partial charge is 0.502 e. The number of amides is 1. The summed E-state index contributed by atoms with van der Waals surface area (Å²) >= 11 is 5.98. The number of fused-ring (bicyclic) bond motifs is 1. The van der Waals surface area contributed by atoms with Crippen LogP contribution in [-0.2, 0) is 11.3 Å². The lowest BCUT2D eigenvalue weighted by atomic mass is 10.2. The van der Waals surface area contributed by atoms with Crippen molar-refractivity contribution in [2.24, 2.45) is 0 Å². The number of hydrogen-bond acceptors (Lipinski definition) is 6. The van der Waals surface area contributed by atoms with Crippen LogP contribution in [0, 0.1) is 0 Å². The Balaban J connectivity index is 0.000000479. The number of carboxylic acids is 1. The van der Waals surface area contributed by atoms with Gasteiger partial charge in [-0.15, -0.1) is 0 Å². The number of aromatic hydroxyl groups is 1. The Kier molecular flexibility index (Phi) is 7.98. The summed E-state index contributed by atoms with van der Waals surface area (Å²) in [4.78, 5) is 50.5. The molecule has 0 radical (unpaired) electrons. The van der Waals surface area contributed by atoms with E-state index < -0.39 is 34.8 Å². The Morgan fingerprint density at radius 3 is 2.38 bits per heavy atom. The van der Waals surface area contributed by atoms with Crippen molar-refractivity contribution in [2.75, 3.05) is 5.32 Å². The maximum Gasteiger partial charge on any atom is 0.490 e. The van der Waals surface area contributed by atoms with Crippen molar-refractivity contribution in [2.45, 2.75) is 12.7 Å². The molecule has 3 heterocycles. The second-order valence-corrected chi connectivity index (χ2v) is 7.75. The molecule has 0 saturated carbocycles. The van der Waals surface area contributed by atoms with E-state index in [0.717, 1.165) is 5.56 Å². The van der Waals surface area contributed by atoms with E-state index >= 15 is 0 Å². The van der Waals surface area contributed by atoms with Gasteiger partial charge in [-0.25, -0.2) is 4.79 Å². The summed E-state index contributed by atoms with van der Waals surface area (Å²) < 4.78 is 34.4. The fourth-order valence-corrected chi connectivity index (χ4v) is 3.25. The molecule has 37 heavy (non-hydrogen) atoms. The standard InChI is InChI=1S/C21H15ClN4O4.C2HF3O2/c22-14-5-3-4-13(10-14)11-26-9-8-25-12-16(18(27)19(28)17(25)21(26)30)24-20(29)15-6-1-2-7-23-15;3-2(4,5)1(6)7/h1-10,12,28H,11H2,(H,24,29);(H,6,7). The Hall–Kier alpha value is -4.65. The van der Waals surface area contributed by atoms with E-state index in [1.807, 2.05) is 6.07 Å². The van der Waals surface area contributed by atoms with Crippen molar-refractivity contribution in [1.82, 2.24) is 14.0 Å². The number of carboxylic acid groups (broad SMARTS) is 1. The zero-order valence-electron chi connectivity index (χ0n) is 18.4. The molecule has 0 aliphatic heterocycles. The third-order valence-corrected chi connectivity index (χ3v) is 4.95. The molecule has 0 atom stereocenters. The van der Waals surface area contributed by atoms with E-state index in [1.54, 1.807) is 30.3 Å². The summed E-state index contributed by atoms with van der Waals surface area (Å²) in [5.74, 6) is -4.12. The van der Waals surface area contributed by atoms with Crippen LogP contribution in [0.4, 0.5) is 18.9 Å². The van der Waals surface area contributed by atoms with Crippen LogP contribution in [0.25, 0.3) is 5.52 Å². The molecular formula is C23H16ClF3N4O6. The van der Waals surface area contributed by atoms with Gasteiger partial charge < -0.3 is 24.5 Å². The molecular weight excluding hydrogens is 521 g/mol. The molecule has 3 aromatic heterocycles. The van der Waals surface area contributed by atoms with Crippen molar-refractivity contribution in [3.8, 4) is 5.75 Å². The lowest BCUT2D eigenvalue weighted by Gasteiger charge is -2.11. The van der Waals surface area contributed by atoms with Crippen molar-refractivity contribution >= 4 is 34.7 Å². The number of nitrogens with zero attached hydrogens (tertiary/aromatic N) is 3. The summed E-state index contributed by atoms with van der Waals surface area (Å²) in [6, 6.07) is 11.8. The monoisotopic (exact) mass is 536 g/mol. The van der Waals surface area contributed by atoms with E-state index in [1.165, 1.54) is 39.8 Å². The lowest BCUT2D eigenvalue weighted by Crippen LogP contribution is -2.26. The second kappa shape index (κ2) is 11.0. The summed E-state index contributed by atoms with van der Waals surface area (Å²) in [5.41, 5.74) is -0.895. The minimum absolute atomic E-state index is 0.110. The first kappa shape index (κ1) is 26.9. The molecule has 0 spiro atoms. The zero-order valence-corrected chi connectivity index (χ0v) is 19.2. The van der Waals surface area contributed by atoms with Gasteiger partial charge in [0, 0.05) is 29.8 Å². The van der Waals surface area contributed by atoms with E-state index in [2.05, 4.69) is 10.3 Å². The lowest BCUT2D eigenvalue weighted by molar-refractivity contribution is -0.192. The molecule has 4 rings (SSSR count). The first-order chi connectivity index (χ1) is 17.4. The van der Waals surface area contributed by atoms with Crippen LogP contribution in [0.1, 0.15) is 16.1 Å². The number of nitrogens with one attached hydrogen (secondary N) is 1. The topological polar surface area (TPSA) is 143 Å². The number of carbonyl (C=O) groups excluding carboxylic acids is 1. The third kappa shape index (κ3) is 6.52. The van der Waals surface area contributed by atoms with Crippen LogP contribution in [-0.4, -0.2) is 42.2 Å². The molecule has 0 bridgehead atoms. The van der Waals surface area contributed by atoms with Gasteiger partial charge in [0.1, 0.15) is 11.4 Å². The van der Waals surface area contributed by atoms with Gasteiger partial charge in [0.25, 0.3) is 11.5 Å². The van der Waals surface area contributed by atoms with Gasteiger partial charge in [0.05, 0.1) is 6.54 Å². The fourth-order valence-electron chi connectivity index (χ4n) is 3.03. The first-order valence-electron chi connectivity index (χ1n) is 10.1. The highest BCUT2D eigenvalue weighted by Gasteiger charge is 2.38. The molecule has 1 aromatic carbocycles. The zero-order chi connectivity index (χ0) is 27.3. The van der Waals surface area contributed by atoms with Gasteiger partial charge in [0.2, 0.25) is 5.43 Å². The van der Waals surface area contributed by atoms with Gasteiger partial charge in [-0.3, -0.25) is 19.4 Å². The predicted octanol–water partition coefficient (Wildman–Crippen LogP) is 3.15. The number of halogens is 4. The Bertz CT molecular complexity index is 1590. The van der Waals surface area contributed by atoms with Gasteiger partial charge >= 0.3 is 12.1 Å². The average Bonchev–Trinajstić information content (AvgIpc) is 2.84. The molecule has 14 heteroatoms. The van der Waals surface area contributed by atoms with Crippen LogP contribution in [0.3, 0.4) is 0 Å². The molecule has 3 N–H and O–H groups in total. The van der Waals surface area contributed by atoms with E-state index in [4.69, 9.17) is 21.5 Å². The maximum atomic E-state index is 12.9. The number of rotatable bonds is 4. The van der Waals surface area contributed by atoms with Gasteiger partial charge in [-0.05, 0) is 29.8 Å². The van der Waals surface area contributed by atoms with E-state index in [0.29, 0.717) is 5.02 Å². The molecule has 0 aliphatic rings. The van der Waals surface area contributed by atoms with Crippen molar-refractivity contribution < 1.29 is 33.0 Å². The Morgan fingerprint density at radius 1 is 1.08 bits per heavy atom. The summed E-state index contributed by atoms with van der Waals surface area (Å²) in [6.07, 6.45) is 0.673. The number of aromatic nitrogens is 3. The van der Waals surface area contributed by atoms with Gasteiger partial charge in [0.15, 0.2) is 11.3 Å². The van der Waals surface area contributed by atoms with Crippen LogP contribution >= 0.6 is 11.6 Å². The fraction of sp³-hybridized carbons (Fsp3) is 0.0870. The highest BCUT2D eigenvalue weighted by Crippen LogP contribution is 2.16. The first-order valence-corrected chi connectivity index (χ1v) is 10.5. The Morgan fingerprint density at radius 2 is 1.78 bits per heavy atom. The maximum absolute atomic E-state index is 12.9. The van der Waals surface area contributed by atoms with Crippen molar-refractivity contribution in [3.05, 3.63) is 104 Å². The van der Waals surface area contributed by atoms with Gasteiger partial charge in [-0.1, -0.05) is 29.8 Å². The second-order valence-electron chi connectivity index (χ2n) is 7.31.